The summed E-state index contributed by atoms with van der Waals surface area (Å²) >= 11 is 0. The lowest BCUT2D eigenvalue weighted by atomic mass is 10.00. The molecular weight excluding hydrogens is 158 g/mol. The van der Waals surface area contributed by atoms with Crippen molar-refractivity contribution in [3.8, 4) is 0 Å². The zero-order valence-corrected chi connectivity index (χ0v) is 8.88. The fourth-order valence-electron chi connectivity index (χ4n) is 1.50. The van der Waals surface area contributed by atoms with Crippen LogP contribution in [0.5, 0.6) is 0 Å². The number of hydrogen-bond acceptors (Lipinski definition) is 1. The van der Waals surface area contributed by atoms with E-state index in [-0.39, 0.29) is 0 Å². The quantitative estimate of drug-likeness (QED) is 0.683. The summed E-state index contributed by atoms with van der Waals surface area (Å²) < 4.78 is 0. The number of nitrogens with zero attached hydrogens (tertiary/aromatic N) is 1. The molecule has 0 bridgehead atoms. The van der Waals surface area contributed by atoms with Crippen LogP contribution in [0.4, 0.5) is 0 Å². The van der Waals surface area contributed by atoms with Crippen molar-refractivity contribution in [2.75, 3.05) is 0 Å². The third-order valence-corrected chi connectivity index (χ3v) is 2.41. The molecule has 0 N–H and O–H groups in total. The molecule has 0 radical (unpaired) electrons. The van der Waals surface area contributed by atoms with E-state index in [0.717, 1.165) is 5.69 Å². The van der Waals surface area contributed by atoms with Crippen LogP contribution in [-0.4, -0.2) is 4.98 Å². The summed E-state index contributed by atoms with van der Waals surface area (Å²) in [6.45, 7) is 6.55. The van der Waals surface area contributed by atoms with Gasteiger partial charge in [0, 0.05) is 11.4 Å². The zero-order chi connectivity index (χ0) is 9.68. The molecule has 0 aromatic carbocycles. The van der Waals surface area contributed by atoms with E-state index in [1.807, 2.05) is 0 Å². The summed E-state index contributed by atoms with van der Waals surface area (Å²) in [5.41, 5.74) is 2.37. The van der Waals surface area contributed by atoms with Crippen molar-refractivity contribution >= 4 is 0 Å². The van der Waals surface area contributed by atoms with Gasteiger partial charge in [-0.25, -0.2) is 0 Å². The van der Waals surface area contributed by atoms with E-state index in [4.69, 9.17) is 0 Å². The highest BCUT2D eigenvalue weighted by molar-refractivity contribution is 5.13. The van der Waals surface area contributed by atoms with E-state index in [2.05, 4.69) is 44.0 Å². The lowest BCUT2D eigenvalue weighted by Gasteiger charge is -2.10. The van der Waals surface area contributed by atoms with Crippen LogP contribution in [0.3, 0.4) is 0 Å². The Morgan fingerprint density at radius 1 is 1.38 bits per heavy atom. The van der Waals surface area contributed by atoms with Gasteiger partial charge in [-0.1, -0.05) is 32.8 Å². The summed E-state index contributed by atoms with van der Waals surface area (Å²) in [7, 11) is 0. The first-order valence-electron chi connectivity index (χ1n) is 5.17. The number of aromatic nitrogens is 1. The largest absolute Gasteiger partial charge is 0.258 e. The van der Waals surface area contributed by atoms with Crippen LogP contribution >= 0.6 is 0 Å². The van der Waals surface area contributed by atoms with Gasteiger partial charge in [-0.2, -0.15) is 0 Å². The average molecular weight is 177 g/mol. The molecule has 1 aromatic rings. The summed E-state index contributed by atoms with van der Waals surface area (Å²) in [4.78, 5) is 4.53. The molecule has 72 valence electrons. The van der Waals surface area contributed by atoms with E-state index in [0.29, 0.717) is 5.92 Å². The van der Waals surface area contributed by atoms with E-state index >= 15 is 0 Å². The Kier molecular flexibility index (Phi) is 3.94. The van der Waals surface area contributed by atoms with E-state index in [9.17, 15) is 0 Å². The van der Waals surface area contributed by atoms with Crippen LogP contribution in [0.2, 0.25) is 0 Å². The third-order valence-electron chi connectivity index (χ3n) is 2.41. The van der Waals surface area contributed by atoms with Gasteiger partial charge in [-0.3, -0.25) is 4.98 Å². The Balaban J connectivity index is 2.60. The third kappa shape index (κ3) is 3.17. The molecule has 1 rings (SSSR count). The Bertz CT molecular complexity index is 255. The normalized spacial score (nSPS) is 12.8. The maximum absolute atomic E-state index is 4.53. The second-order valence-corrected chi connectivity index (χ2v) is 3.75. The summed E-state index contributed by atoms with van der Waals surface area (Å²) in [5.74, 6) is 0.611. The first-order chi connectivity index (χ1) is 6.24. The van der Waals surface area contributed by atoms with Crippen LogP contribution in [0.1, 0.15) is 50.4 Å². The SMILES string of the molecule is CCCC[C@@H](C)c1cccc(C)n1. The van der Waals surface area contributed by atoms with Crippen LogP contribution in [-0.2, 0) is 0 Å². The fourth-order valence-corrected chi connectivity index (χ4v) is 1.50. The topological polar surface area (TPSA) is 12.9 Å². The van der Waals surface area contributed by atoms with Crippen molar-refractivity contribution in [1.82, 2.24) is 4.98 Å². The van der Waals surface area contributed by atoms with E-state index in [1.165, 1.54) is 25.0 Å². The van der Waals surface area contributed by atoms with Crippen molar-refractivity contribution in [2.45, 2.75) is 46.0 Å². The van der Waals surface area contributed by atoms with Crippen LogP contribution in [0.15, 0.2) is 18.2 Å². The zero-order valence-electron chi connectivity index (χ0n) is 8.88. The molecule has 13 heavy (non-hydrogen) atoms. The van der Waals surface area contributed by atoms with Gasteiger partial charge >= 0.3 is 0 Å². The van der Waals surface area contributed by atoms with Gasteiger partial charge in [0.05, 0.1) is 0 Å². The molecule has 1 atom stereocenters. The second-order valence-electron chi connectivity index (χ2n) is 3.75. The highest BCUT2D eigenvalue weighted by atomic mass is 14.7. The predicted molar refractivity (Wildman–Crippen MR) is 56.9 cm³/mol. The maximum atomic E-state index is 4.53. The Labute approximate surface area is 81.2 Å². The summed E-state index contributed by atoms with van der Waals surface area (Å²) in [6, 6.07) is 6.28. The molecule has 0 aliphatic rings. The fraction of sp³-hybridized carbons (Fsp3) is 0.583. The second kappa shape index (κ2) is 5.00. The first kappa shape index (κ1) is 10.2. The highest BCUT2D eigenvalue weighted by Crippen LogP contribution is 2.19. The molecule has 1 heteroatoms. The molecule has 0 saturated carbocycles. The first-order valence-corrected chi connectivity index (χ1v) is 5.17. The van der Waals surface area contributed by atoms with Gasteiger partial charge in [0.1, 0.15) is 0 Å². The smallest absolute Gasteiger partial charge is 0.0434 e. The Morgan fingerprint density at radius 2 is 2.15 bits per heavy atom. The number of aryl methyl sites for hydroxylation is 1. The van der Waals surface area contributed by atoms with Crippen molar-refractivity contribution in [3.63, 3.8) is 0 Å². The average Bonchev–Trinajstić information content (AvgIpc) is 2.14. The minimum Gasteiger partial charge on any atom is -0.258 e. The molecule has 1 nitrogen and oxygen atoms in total. The number of unbranched alkanes of at least 4 members (excludes halogenated alkanes) is 1. The molecule has 0 aliphatic heterocycles. The van der Waals surface area contributed by atoms with Crippen molar-refractivity contribution in [2.24, 2.45) is 0 Å². The number of rotatable bonds is 4. The molecule has 0 aliphatic carbocycles. The van der Waals surface area contributed by atoms with Crippen molar-refractivity contribution in [1.29, 1.82) is 0 Å². The Morgan fingerprint density at radius 3 is 2.77 bits per heavy atom. The van der Waals surface area contributed by atoms with Gasteiger partial charge in [0.25, 0.3) is 0 Å². The molecular formula is C12H19N. The molecule has 0 fully saturated rings. The van der Waals surface area contributed by atoms with Gasteiger partial charge in [-0.15, -0.1) is 0 Å². The van der Waals surface area contributed by atoms with Crippen molar-refractivity contribution in [3.05, 3.63) is 29.6 Å². The summed E-state index contributed by atoms with van der Waals surface area (Å²) in [5, 5.41) is 0. The van der Waals surface area contributed by atoms with Gasteiger partial charge in [-0.05, 0) is 31.4 Å². The highest BCUT2D eigenvalue weighted by Gasteiger charge is 2.05. The number of hydrogen-bond donors (Lipinski definition) is 0. The molecule has 0 amide bonds. The van der Waals surface area contributed by atoms with E-state index in [1.54, 1.807) is 0 Å². The van der Waals surface area contributed by atoms with E-state index < -0.39 is 0 Å². The standard InChI is InChI=1S/C12H19N/c1-4-5-7-10(2)12-9-6-8-11(3)13-12/h6,8-10H,4-5,7H2,1-3H3/t10-/m1/s1. The molecule has 1 aromatic heterocycles. The number of pyridine rings is 1. The molecule has 0 spiro atoms. The monoisotopic (exact) mass is 177 g/mol. The molecule has 1 heterocycles. The summed E-state index contributed by atoms with van der Waals surface area (Å²) in [6.07, 6.45) is 3.83. The molecule has 0 saturated heterocycles. The maximum Gasteiger partial charge on any atom is 0.0434 e. The molecule has 0 unspecified atom stereocenters. The minimum absolute atomic E-state index is 0.611. The lowest BCUT2D eigenvalue weighted by Crippen LogP contribution is -1.97. The van der Waals surface area contributed by atoms with Gasteiger partial charge in [0.2, 0.25) is 0 Å². The lowest BCUT2D eigenvalue weighted by molar-refractivity contribution is 0.610. The van der Waals surface area contributed by atoms with Crippen LogP contribution in [0.25, 0.3) is 0 Å². The minimum atomic E-state index is 0.611. The van der Waals surface area contributed by atoms with Gasteiger partial charge < -0.3 is 0 Å². The Hall–Kier alpha value is -0.850. The van der Waals surface area contributed by atoms with Crippen LogP contribution in [0, 0.1) is 6.92 Å². The van der Waals surface area contributed by atoms with Crippen LogP contribution < -0.4 is 0 Å². The predicted octanol–water partition coefficient (Wildman–Crippen LogP) is 3.68. The van der Waals surface area contributed by atoms with Crippen molar-refractivity contribution < 1.29 is 0 Å². The van der Waals surface area contributed by atoms with Gasteiger partial charge in [0.15, 0.2) is 0 Å².